The summed E-state index contributed by atoms with van der Waals surface area (Å²) in [5, 5.41) is 60.2. The fourth-order valence-corrected chi connectivity index (χ4v) is 8.99. The molecule has 0 spiro atoms. The average molecular weight is 1120 g/mol. The van der Waals surface area contributed by atoms with Gasteiger partial charge < -0.3 is 35.4 Å². The van der Waals surface area contributed by atoms with Gasteiger partial charge in [0.1, 0.15) is 27.4 Å². The SMILES string of the molecule is O=C(Nc1ccc(S(=O)(=O)CCOS(=O)(=O)[O-])cc1)c1ccc(N=Nc2c(SOO[O-])cc3c(N=Nc4ccc(S(=O)(=O)CCOSOO[O-])cc4)c(NCS(=O)(=O)[O-])ccc3c2O)cc1.[Na+].[Na+].[Na+].[Na+]. The summed E-state index contributed by atoms with van der Waals surface area (Å²) in [7, 11) is -17.8. The minimum Gasteiger partial charge on any atom is -0.747 e. The largest absolute Gasteiger partial charge is 1.00 e. The van der Waals surface area contributed by atoms with Crippen molar-refractivity contribution < 1.29 is 209 Å². The zero-order chi connectivity index (χ0) is 48.1. The van der Waals surface area contributed by atoms with Crippen molar-refractivity contribution in [1.29, 1.82) is 0 Å². The number of azo groups is 2. The second kappa shape index (κ2) is 30.9. The first-order chi connectivity index (χ1) is 31.2. The van der Waals surface area contributed by atoms with Gasteiger partial charge >= 0.3 is 118 Å². The fourth-order valence-electron chi connectivity index (χ4n) is 5.29. The average Bonchev–Trinajstić information content (AvgIpc) is 3.26. The van der Waals surface area contributed by atoms with Crippen molar-refractivity contribution in [2.24, 2.45) is 20.5 Å². The van der Waals surface area contributed by atoms with Gasteiger partial charge in [-0.25, -0.2) is 33.7 Å². The van der Waals surface area contributed by atoms with Gasteiger partial charge in [0.2, 0.25) is 10.4 Å². The van der Waals surface area contributed by atoms with Crippen molar-refractivity contribution in [2.75, 3.05) is 41.2 Å². The van der Waals surface area contributed by atoms with E-state index in [2.05, 4.69) is 54.0 Å². The molecule has 0 aliphatic rings. The van der Waals surface area contributed by atoms with Crippen LogP contribution in [-0.2, 0) is 67.3 Å². The van der Waals surface area contributed by atoms with Crippen molar-refractivity contribution in [1.82, 2.24) is 0 Å². The van der Waals surface area contributed by atoms with Gasteiger partial charge in [0.05, 0.1) is 68.5 Å². The predicted molar refractivity (Wildman–Crippen MR) is 223 cm³/mol. The second-order valence-electron chi connectivity index (χ2n) is 12.5. The third-order valence-electron chi connectivity index (χ3n) is 8.24. The number of amides is 1. The molecule has 0 saturated heterocycles. The zero-order valence-corrected chi connectivity index (χ0v) is 49.5. The summed E-state index contributed by atoms with van der Waals surface area (Å²) in [5.41, 5.74) is 0.0204. The van der Waals surface area contributed by atoms with Gasteiger partial charge in [0.15, 0.2) is 37.7 Å². The number of aromatic hydroxyl groups is 1. The maximum absolute atomic E-state index is 12.9. The van der Waals surface area contributed by atoms with Crippen LogP contribution in [0.15, 0.2) is 126 Å². The number of benzene rings is 5. The number of phenols is 1. The van der Waals surface area contributed by atoms with E-state index in [9.17, 15) is 63.2 Å². The first-order valence-electron chi connectivity index (χ1n) is 17.6. The summed E-state index contributed by atoms with van der Waals surface area (Å²) in [6, 6.07) is 19.2. The molecule has 0 saturated carbocycles. The molecule has 70 heavy (non-hydrogen) atoms. The van der Waals surface area contributed by atoms with Crippen LogP contribution >= 0.6 is 24.4 Å². The van der Waals surface area contributed by atoms with Gasteiger partial charge in [-0.2, -0.15) is 14.6 Å². The van der Waals surface area contributed by atoms with Crippen LogP contribution in [0.3, 0.4) is 0 Å². The maximum atomic E-state index is 12.9. The summed E-state index contributed by atoms with van der Waals surface area (Å²) in [4.78, 5) is 12.5. The van der Waals surface area contributed by atoms with Crippen LogP contribution in [0, 0.1) is 0 Å². The summed E-state index contributed by atoms with van der Waals surface area (Å²) in [6.45, 7) is -1.25. The van der Waals surface area contributed by atoms with Crippen molar-refractivity contribution in [3.05, 3.63) is 96.6 Å². The predicted octanol–water partition coefficient (Wildman–Crippen LogP) is -8.38. The van der Waals surface area contributed by atoms with Crippen LogP contribution in [0.4, 0.5) is 34.1 Å². The molecule has 1 amide bonds. The number of anilines is 2. The van der Waals surface area contributed by atoms with E-state index in [0.29, 0.717) is 0 Å². The standard InChI is InChI=1S/C34H32N6O20S6.4Na/c41-33-27-13-14-29(35-20-65(49,50)51)31(39-37-24-7-11-26(12-8-24)63(45,46)17-15-55-62-60-58-44)28(27)19-30(61-59-57-43)32(33)40-38-23-3-1-21(2-4-23)34(42)36-22-5-9-25(10-6-22)64(47,48)18-16-56-66(52,53)54;;;;/h1-14,19,35,41,43-44H,15-18,20H2,(H,36,42)(H,49,50,51)(H,52,53,54);;;;/q;4*+1/p-4. The molecule has 0 aliphatic heterocycles. The molecule has 5 aromatic carbocycles. The molecule has 0 atom stereocenters. The summed E-state index contributed by atoms with van der Waals surface area (Å²) < 4.78 is 134. The molecule has 0 aromatic heterocycles. The number of hydrogen-bond donors (Lipinski definition) is 3. The Morgan fingerprint density at radius 3 is 1.71 bits per heavy atom. The molecular formula is C34H28N6Na4O20S6. The van der Waals surface area contributed by atoms with Crippen LogP contribution < -0.4 is 139 Å². The number of phenolic OH excluding ortho intramolecular Hbond substituents is 1. The molecule has 36 heteroatoms. The molecule has 5 aromatic rings. The fraction of sp³-hybridized carbons (Fsp3) is 0.147. The summed E-state index contributed by atoms with van der Waals surface area (Å²) >= 11 is 0.419. The van der Waals surface area contributed by atoms with Crippen LogP contribution in [0.5, 0.6) is 5.75 Å². The van der Waals surface area contributed by atoms with E-state index in [1.807, 2.05) is 0 Å². The van der Waals surface area contributed by atoms with Crippen LogP contribution in [0.25, 0.3) is 10.8 Å². The molecule has 3 N–H and O–H groups in total. The molecule has 0 fully saturated rings. The summed E-state index contributed by atoms with van der Waals surface area (Å²) in [5.74, 6) is -3.59. The Hall–Kier alpha value is -1.27. The molecule has 0 radical (unpaired) electrons. The molecular weight excluding hydrogens is 1100 g/mol. The van der Waals surface area contributed by atoms with E-state index >= 15 is 0 Å². The van der Waals surface area contributed by atoms with Crippen molar-refractivity contribution >= 4 is 115 Å². The number of sulfone groups is 2. The minimum atomic E-state index is -5.08. The molecule has 354 valence electrons. The molecule has 0 bridgehead atoms. The first-order valence-corrected chi connectivity index (χ1v) is 25.2. The van der Waals surface area contributed by atoms with Crippen molar-refractivity contribution in [2.45, 2.75) is 14.7 Å². The second-order valence-corrected chi connectivity index (χ2v) is 20.5. The third kappa shape index (κ3) is 20.8. The Bertz CT molecular complexity index is 3060. The monoisotopic (exact) mass is 1120 g/mol. The Labute approximate surface area is 496 Å². The van der Waals surface area contributed by atoms with E-state index in [1.165, 1.54) is 78.9 Å². The van der Waals surface area contributed by atoms with E-state index in [-0.39, 0.29) is 214 Å². The van der Waals surface area contributed by atoms with Crippen LogP contribution in [0.1, 0.15) is 10.4 Å². The first kappa shape index (κ1) is 66.7. The third-order valence-corrected chi connectivity index (χ3v) is 13.6. The number of rotatable bonds is 24. The number of carbonyl (C=O) groups excluding carboxylic acids is 1. The van der Waals surface area contributed by atoms with Crippen LogP contribution in [0.2, 0.25) is 0 Å². The number of hydrogen-bond acceptors (Lipinski definition) is 27. The Morgan fingerprint density at radius 1 is 0.643 bits per heavy atom. The van der Waals surface area contributed by atoms with E-state index in [0.717, 1.165) is 12.1 Å². The normalized spacial score (nSPS) is 11.9. The Morgan fingerprint density at radius 2 is 1.17 bits per heavy atom. The molecule has 0 heterocycles. The van der Waals surface area contributed by atoms with Gasteiger partial charge in [0.25, 0.3) is 5.91 Å². The van der Waals surface area contributed by atoms with Gasteiger partial charge in [0, 0.05) is 22.0 Å². The van der Waals surface area contributed by atoms with E-state index in [1.54, 1.807) is 0 Å². The molecule has 0 aliphatic carbocycles. The van der Waals surface area contributed by atoms with Crippen molar-refractivity contribution in [3.8, 4) is 5.75 Å². The molecule has 5 rings (SSSR count). The van der Waals surface area contributed by atoms with Gasteiger partial charge in [-0.15, -0.1) is 14.6 Å². The Kier molecular flexibility index (Phi) is 29.5. The Balaban J connectivity index is 0.00000612. The topological polar surface area (TPSA) is 395 Å². The van der Waals surface area contributed by atoms with Crippen LogP contribution in [-0.4, -0.2) is 84.4 Å². The van der Waals surface area contributed by atoms with Gasteiger partial charge in [-0.05, 0) is 91.0 Å². The molecule has 26 nitrogen and oxygen atoms in total. The molecule has 0 unspecified atom stereocenters. The zero-order valence-electron chi connectivity index (χ0n) is 36.6. The minimum absolute atomic E-state index is 0. The van der Waals surface area contributed by atoms with Crippen molar-refractivity contribution in [3.63, 3.8) is 0 Å². The maximum Gasteiger partial charge on any atom is 1.00 e. The smallest absolute Gasteiger partial charge is 0.747 e. The number of carbonyl (C=O) groups is 1. The van der Waals surface area contributed by atoms with E-state index in [4.69, 9.17) is 4.18 Å². The van der Waals surface area contributed by atoms with E-state index < -0.39 is 75.8 Å². The number of nitrogens with zero attached hydrogens (tertiary/aromatic N) is 4. The van der Waals surface area contributed by atoms with Gasteiger partial charge in [-0.3, -0.25) is 23.2 Å². The number of nitrogens with one attached hydrogen (secondary N) is 2. The van der Waals surface area contributed by atoms with Gasteiger partial charge in [-0.1, -0.05) is 0 Å². The summed E-state index contributed by atoms with van der Waals surface area (Å²) in [6.07, 6.45) is 0. The quantitative estimate of drug-likeness (QED) is 0.00755. The number of fused-ring (bicyclic) bond motifs is 1.